The number of ether oxygens (including phenoxy) is 3. The van der Waals surface area contributed by atoms with E-state index in [-0.39, 0.29) is 30.4 Å². The van der Waals surface area contributed by atoms with E-state index in [1.807, 2.05) is 0 Å². The fourth-order valence-corrected chi connectivity index (χ4v) is 2.54. The molecule has 2 N–H and O–H groups in total. The number of methoxy groups -OCH3 is 1. The number of carbonyl (C=O) groups excluding carboxylic acids is 3. The minimum Gasteiger partial charge on any atom is -0.497 e. The van der Waals surface area contributed by atoms with Gasteiger partial charge in [0, 0.05) is 0 Å². The summed E-state index contributed by atoms with van der Waals surface area (Å²) in [7, 11) is 1.55. The molecule has 2 amide bonds. The van der Waals surface area contributed by atoms with Crippen molar-refractivity contribution in [2.75, 3.05) is 20.3 Å². The molecule has 1 aromatic carbocycles. The number of esters is 2. The summed E-state index contributed by atoms with van der Waals surface area (Å²) in [6.07, 6.45) is 0. The fourth-order valence-electron chi connectivity index (χ4n) is 2.54. The van der Waals surface area contributed by atoms with E-state index in [2.05, 4.69) is 10.6 Å². The molecule has 0 unspecified atom stereocenters. The second-order valence-corrected chi connectivity index (χ2v) is 6.18. The first-order valence-corrected chi connectivity index (χ1v) is 8.65. The fraction of sp³-hybridized carbons (Fsp3) is 0.421. The van der Waals surface area contributed by atoms with Gasteiger partial charge < -0.3 is 24.8 Å². The molecule has 146 valence electrons. The van der Waals surface area contributed by atoms with E-state index in [9.17, 15) is 14.4 Å². The highest BCUT2D eigenvalue weighted by atomic mass is 16.5. The highest BCUT2D eigenvalue weighted by molar-refractivity contribution is 5.95. The van der Waals surface area contributed by atoms with Crippen LogP contribution in [-0.4, -0.2) is 38.3 Å². The Bertz CT molecular complexity index is 739. The van der Waals surface area contributed by atoms with Crippen molar-refractivity contribution in [1.29, 1.82) is 0 Å². The zero-order valence-electron chi connectivity index (χ0n) is 15.8. The lowest BCUT2D eigenvalue weighted by molar-refractivity contribution is -0.147. The third kappa shape index (κ3) is 4.99. The minimum absolute atomic E-state index is 0.171. The maximum absolute atomic E-state index is 12.6. The van der Waals surface area contributed by atoms with Crippen molar-refractivity contribution >= 4 is 18.0 Å². The maximum atomic E-state index is 12.6. The van der Waals surface area contributed by atoms with Crippen LogP contribution in [0.2, 0.25) is 0 Å². The SMILES string of the molecule is CCOC(=O)C1=C(COC(=O)C(C)C)NC(=O)N[C@@H]1c1ccc(OC)cc1. The van der Waals surface area contributed by atoms with Crippen LogP contribution in [0.25, 0.3) is 0 Å². The molecule has 0 fully saturated rings. The van der Waals surface area contributed by atoms with Crippen LogP contribution >= 0.6 is 0 Å². The van der Waals surface area contributed by atoms with Crippen molar-refractivity contribution in [3.05, 3.63) is 41.1 Å². The normalized spacial score (nSPS) is 16.5. The summed E-state index contributed by atoms with van der Waals surface area (Å²) < 4.78 is 15.5. The zero-order chi connectivity index (χ0) is 20.0. The summed E-state index contributed by atoms with van der Waals surface area (Å²) in [5.41, 5.74) is 1.06. The van der Waals surface area contributed by atoms with E-state index in [4.69, 9.17) is 14.2 Å². The Morgan fingerprint density at radius 3 is 2.37 bits per heavy atom. The molecule has 0 saturated heterocycles. The van der Waals surface area contributed by atoms with Crippen LogP contribution in [-0.2, 0) is 19.1 Å². The summed E-state index contributed by atoms with van der Waals surface area (Å²) >= 11 is 0. The summed E-state index contributed by atoms with van der Waals surface area (Å²) in [5.74, 6) is -0.709. The average molecular weight is 376 g/mol. The predicted octanol–water partition coefficient (Wildman–Crippen LogP) is 2.07. The van der Waals surface area contributed by atoms with Crippen molar-refractivity contribution in [1.82, 2.24) is 10.6 Å². The van der Waals surface area contributed by atoms with Gasteiger partial charge in [-0.05, 0) is 24.6 Å². The van der Waals surface area contributed by atoms with E-state index < -0.39 is 24.0 Å². The van der Waals surface area contributed by atoms with Crippen molar-refractivity contribution in [2.24, 2.45) is 5.92 Å². The van der Waals surface area contributed by atoms with E-state index in [1.165, 1.54) is 0 Å². The van der Waals surface area contributed by atoms with Gasteiger partial charge in [0.2, 0.25) is 0 Å². The molecular formula is C19H24N2O6. The Kier molecular flexibility index (Phi) is 6.81. The number of carbonyl (C=O) groups is 3. The van der Waals surface area contributed by atoms with Gasteiger partial charge in [0.15, 0.2) is 0 Å². The summed E-state index contributed by atoms with van der Waals surface area (Å²) in [5, 5.41) is 5.26. The number of hydrogen-bond donors (Lipinski definition) is 2. The van der Waals surface area contributed by atoms with Gasteiger partial charge in [-0.3, -0.25) is 4.79 Å². The highest BCUT2D eigenvalue weighted by Crippen LogP contribution is 2.29. The van der Waals surface area contributed by atoms with E-state index >= 15 is 0 Å². The number of rotatable bonds is 7. The third-order valence-electron chi connectivity index (χ3n) is 3.93. The van der Waals surface area contributed by atoms with Crippen LogP contribution in [0.1, 0.15) is 32.4 Å². The van der Waals surface area contributed by atoms with Crippen molar-refractivity contribution in [3.8, 4) is 5.75 Å². The summed E-state index contributed by atoms with van der Waals surface area (Å²) in [4.78, 5) is 36.5. The molecule has 1 atom stereocenters. The van der Waals surface area contributed by atoms with Crippen LogP contribution in [0.5, 0.6) is 5.75 Å². The molecule has 1 aliphatic heterocycles. The molecule has 1 heterocycles. The van der Waals surface area contributed by atoms with Crippen LogP contribution in [0.3, 0.4) is 0 Å². The van der Waals surface area contributed by atoms with Crippen LogP contribution < -0.4 is 15.4 Å². The highest BCUT2D eigenvalue weighted by Gasteiger charge is 2.34. The van der Waals surface area contributed by atoms with Crippen molar-refractivity contribution in [3.63, 3.8) is 0 Å². The second kappa shape index (κ2) is 9.07. The molecule has 1 aromatic rings. The van der Waals surface area contributed by atoms with Crippen LogP contribution in [0.4, 0.5) is 4.79 Å². The van der Waals surface area contributed by atoms with Gasteiger partial charge in [0.1, 0.15) is 12.4 Å². The molecular weight excluding hydrogens is 352 g/mol. The first-order valence-electron chi connectivity index (χ1n) is 8.65. The monoisotopic (exact) mass is 376 g/mol. The van der Waals surface area contributed by atoms with Gasteiger partial charge in [0.05, 0.1) is 36.9 Å². The lowest BCUT2D eigenvalue weighted by Crippen LogP contribution is -2.47. The smallest absolute Gasteiger partial charge is 0.338 e. The van der Waals surface area contributed by atoms with E-state index in [0.717, 1.165) is 0 Å². The van der Waals surface area contributed by atoms with Gasteiger partial charge in [-0.15, -0.1) is 0 Å². The van der Waals surface area contributed by atoms with Gasteiger partial charge in [-0.1, -0.05) is 26.0 Å². The molecule has 2 rings (SSSR count). The quantitative estimate of drug-likeness (QED) is 0.706. The van der Waals surface area contributed by atoms with Crippen molar-refractivity contribution < 1.29 is 28.6 Å². The third-order valence-corrected chi connectivity index (χ3v) is 3.93. The van der Waals surface area contributed by atoms with Crippen LogP contribution in [0, 0.1) is 5.92 Å². The number of nitrogens with one attached hydrogen (secondary N) is 2. The molecule has 0 aliphatic carbocycles. The Balaban J connectivity index is 2.41. The Morgan fingerprint density at radius 1 is 1.15 bits per heavy atom. The molecule has 0 aromatic heterocycles. The standard InChI is InChI=1S/C19H24N2O6/c1-5-26-18(23)15-14(10-27-17(22)11(2)3)20-19(24)21-16(15)12-6-8-13(25-4)9-7-12/h6-9,11,16H,5,10H2,1-4H3,(H2,20,21,24)/t16-/m1/s1. The molecule has 8 nitrogen and oxygen atoms in total. The average Bonchev–Trinajstić information content (AvgIpc) is 2.65. The van der Waals surface area contributed by atoms with E-state index in [0.29, 0.717) is 11.3 Å². The van der Waals surface area contributed by atoms with Gasteiger partial charge in [-0.2, -0.15) is 0 Å². The predicted molar refractivity (Wildman–Crippen MR) is 96.9 cm³/mol. The Hall–Kier alpha value is -3.03. The number of urea groups is 1. The first-order chi connectivity index (χ1) is 12.9. The molecule has 8 heteroatoms. The molecule has 1 aliphatic rings. The summed E-state index contributed by atoms with van der Waals surface area (Å²) in [6.45, 7) is 5.03. The van der Waals surface area contributed by atoms with Crippen molar-refractivity contribution in [2.45, 2.75) is 26.8 Å². The lowest BCUT2D eigenvalue weighted by atomic mass is 9.95. The molecule has 0 bridgehead atoms. The molecule has 0 saturated carbocycles. The molecule has 0 radical (unpaired) electrons. The maximum Gasteiger partial charge on any atom is 0.338 e. The Labute approximate surface area is 157 Å². The number of benzene rings is 1. The summed E-state index contributed by atoms with van der Waals surface area (Å²) in [6, 6.07) is 5.70. The minimum atomic E-state index is -0.739. The first kappa shape index (κ1) is 20.3. The largest absolute Gasteiger partial charge is 0.497 e. The zero-order valence-corrected chi connectivity index (χ0v) is 15.8. The van der Waals surface area contributed by atoms with Crippen LogP contribution in [0.15, 0.2) is 35.5 Å². The number of amides is 2. The van der Waals surface area contributed by atoms with Gasteiger partial charge in [0.25, 0.3) is 0 Å². The number of hydrogen-bond acceptors (Lipinski definition) is 6. The lowest BCUT2D eigenvalue weighted by Gasteiger charge is -2.29. The molecule has 0 spiro atoms. The topological polar surface area (TPSA) is 103 Å². The molecule has 27 heavy (non-hydrogen) atoms. The van der Waals surface area contributed by atoms with Gasteiger partial charge in [-0.25, -0.2) is 9.59 Å². The van der Waals surface area contributed by atoms with E-state index in [1.54, 1.807) is 52.1 Å². The second-order valence-electron chi connectivity index (χ2n) is 6.18. The Morgan fingerprint density at radius 2 is 1.81 bits per heavy atom. The van der Waals surface area contributed by atoms with Gasteiger partial charge >= 0.3 is 18.0 Å².